The predicted octanol–water partition coefficient (Wildman–Crippen LogP) is 3.83. The summed E-state index contributed by atoms with van der Waals surface area (Å²) < 4.78 is 0. The molecule has 0 aliphatic carbocycles. The molecule has 0 unspecified atom stereocenters. The molecule has 13 heavy (non-hydrogen) atoms. The van der Waals surface area contributed by atoms with Crippen LogP contribution >= 0.6 is 0 Å². The van der Waals surface area contributed by atoms with Crippen molar-refractivity contribution in [1.82, 2.24) is 0 Å². The third kappa shape index (κ3) is 4.66. The van der Waals surface area contributed by atoms with Gasteiger partial charge in [0.1, 0.15) is 0 Å². The fraction of sp³-hybridized carbons (Fsp3) is 0.583. The van der Waals surface area contributed by atoms with Crippen LogP contribution in [0.4, 0.5) is 0 Å². The topological polar surface area (TPSA) is 12.4 Å². The Morgan fingerprint density at radius 1 is 1.38 bits per heavy atom. The second-order valence-electron chi connectivity index (χ2n) is 4.15. The highest BCUT2D eigenvalue weighted by Gasteiger charge is 2.09. The molecule has 74 valence electrons. The predicted molar refractivity (Wildman–Crippen MR) is 61.1 cm³/mol. The Labute approximate surface area is 82.3 Å². The fourth-order valence-corrected chi connectivity index (χ4v) is 0.851. The standard InChI is InChI=1S/C12H21N/c1-7-11(10(3)4)13-9-12(5,6)8-2/h7-10H,2H2,1,3-6H3/b11-7-,13-9?. The molecule has 0 aromatic rings. The van der Waals surface area contributed by atoms with Gasteiger partial charge < -0.3 is 0 Å². The lowest BCUT2D eigenvalue weighted by atomic mass is 9.96. The van der Waals surface area contributed by atoms with Gasteiger partial charge in [0.25, 0.3) is 0 Å². The number of nitrogens with zero attached hydrogens (tertiary/aromatic N) is 1. The van der Waals surface area contributed by atoms with Crippen molar-refractivity contribution in [1.29, 1.82) is 0 Å². The van der Waals surface area contributed by atoms with Crippen LogP contribution in [0.1, 0.15) is 34.6 Å². The van der Waals surface area contributed by atoms with Gasteiger partial charge in [0.2, 0.25) is 0 Å². The van der Waals surface area contributed by atoms with E-state index in [1.54, 1.807) is 0 Å². The largest absolute Gasteiger partial charge is 0.265 e. The summed E-state index contributed by atoms with van der Waals surface area (Å²) in [5.74, 6) is 0.488. The van der Waals surface area contributed by atoms with E-state index in [9.17, 15) is 0 Å². The average Bonchev–Trinajstić information content (AvgIpc) is 2.05. The lowest BCUT2D eigenvalue weighted by molar-refractivity contribution is 0.686. The molecule has 0 aromatic heterocycles. The molecule has 0 rings (SSSR count). The third-order valence-electron chi connectivity index (χ3n) is 1.96. The molecule has 0 aliphatic rings. The summed E-state index contributed by atoms with van der Waals surface area (Å²) in [6.07, 6.45) is 5.92. The first-order chi connectivity index (χ1) is 5.93. The van der Waals surface area contributed by atoms with E-state index < -0.39 is 0 Å². The van der Waals surface area contributed by atoms with Crippen molar-refractivity contribution in [2.75, 3.05) is 0 Å². The maximum Gasteiger partial charge on any atom is 0.0382 e. The highest BCUT2D eigenvalue weighted by atomic mass is 14.7. The minimum atomic E-state index is -0.0108. The van der Waals surface area contributed by atoms with Crippen LogP contribution in [0.3, 0.4) is 0 Å². The van der Waals surface area contributed by atoms with Crippen molar-refractivity contribution >= 4 is 6.21 Å². The molecule has 0 aromatic carbocycles. The van der Waals surface area contributed by atoms with Crippen LogP contribution in [-0.4, -0.2) is 6.21 Å². The average molecular weight is 179 g/mol. The van der Waals surface area contributed by atoms with E-state index in [1.165, 1.54) is 0 Å². The van der Waals surface area contributed by atoms with E-state index in [2.05, 4.69) is 45.3 Å². The first-order valence-corrected chi connectivity index (χ1v) is 4.78. The van der Waals surface area contributed by atoms with Gasteiger partial charge >= 0.3 is 0 Å². The maximum atomic E-state index is 4.45. The zero-order valence-corrected chi connectivity index (χ0v) is 9.46. The molecule has 0 aliphatic heterocycles. The SMILES string of the molecule is C=CC(C)(C)C=N/C(=C\C)C(C)C. The molecule has 0 bridgehead atoms. The van der Waals surface area contributed by atoms with Gasteiger partial charge in [-0.05, 0) is 12.8 Å². The quantitative estimate of drug-likeness (QED) is 0.459. The van der Waals surface area contributed by atoms with Gasteiger partial charge in [0.15, 0.2) is 0 Å². The van der Waals surface area contributed by atoms with Gasteiger partial charge in [-0.25, -0.2) is 0 Å². The van der Waals surface area contributed by atoms with Crippen molar-refractivity contribution < 1.29 is 0 Å². The van der Waals surface area contributed by atoms with E-state index in [1.807, 2.05) is 19.2 Å². The Kier molecular flexibility index (Phi) is 4.68. The number of allylic oxidation sites excluding steroid dienone is 3. The monoisotopic (exact) mass is 179 g/mol. The van der Waals surface area contributed by atoms with Gasteiger partial charge in [0.05, 0.1) is 0 Å². The highest BCUT2D eigenvalue weighted by molar-refractivity contribution is 5.68. The Hall–Kier alpha value is -0.850. The van der Waals surface area contributed by atoms with Crippen molar-refractivity contribution in [3.8, 4) is 0 Å². The van der Waals surface area contributed by atoms with Crippen molar-refractivity contribution in [2.24, 2.45) is 16.3 Å². The maximum absolute atomic E-state index is 4.45. The van der Waals surface area contributed by atoms with E-state index in [4.69, 9.17) is 0 Å². The van der Waals surface area contributed by atoms with Gasteiger partial charge in [-0.3, -0.25) is 4.99 Å². The number of hydrogen-bond donors (Lipinski definition) is 0. The third-order valence-corrected chi connectivity index (χ3v) is 1.96. The van der Waals surface area contributed by atoms with Crippen LogP contribution in [0.5, 0.6) is 0 Å². The van der Waals surface area contributed by atoms with Crippen LogP contribution in [0.15, 0.2) is 29.4 Å². The Morgan fingerprint density at radius 2 is 1.92 bits per heavy atom. The van der Waals surface area contributed by atoms with Crippen molar-refractivity contribution in [3.63, 3.8) is 0 Å². The minimum Gasteiger partial charge on any atom is -0.265 e. The minimum absolute atomic E-state index is 0.0108. The molecule has 0 fully saturated rings. The van der Waals surface area contributed by atoms with Crippen LogP contribution in [0.2, 0.25) is 0 Å². The van der Waals surface area contributed by atoms with Gasteiger partial charge in [0, 0.05) is 17.3 Å². The summed E-state index contributed by atoms with van der Waals surface area (Å²) >= 11 is 0. The molecule has 0 amide bonds. The zero-order valence-electron chi connectivity index (χ0n) is 9.46. The molecule has 0 saturated heterocycles. The first-order valence-electron chi connectivity index (χ1n) is 4.78. The van der Waals surface area contributed by atoms with Crippen LogP contribution < -0.4 is 0 Å². The summed E-state index contributed by atoms with van der Waals surface area (Å²) in [4.78, 5) is 4.45. The second kappa shape index (κ2) is 5.00. The van der Waals surface area contributed by atoms with Crippen molar-refractivity contribution in [3.05, 3.63) is 24.4 Å². The summed E-state index contributed by atoms with van der Waals surface area (Å²) in [7, 11) is 0. The zero-order chi connectivity index (χ0) is 10.5. The van der Waals surface area contributed by atoms with Gasteiger partial charge in [-0.2, -0.15) is 0 Å². The summed E-state index contributed by atoms with van der Waals surface area (Å²) in [5, 5.41) is 0. The fourth-order valence-electron chi connectivity index (χ4n) is 0.851. The van der Waals surface area contributed by atoms with E-state index in [0.717, 1.165) is 5.70 Å². The summed E-state index contributed by atoms with van der Waals surface area (Å²) in [5.41, 5.74) is 1.12. The van der Waals surface area contributed by atoms with E-state index in [-0.39, 0.29) is 5.41 Å². The molecule has 1 heteroatoms. The van der Waals surface area contributed by atoms with E-state index in [0.29, 0.717) is 5.92 Å². The Balaban J connectivity index is 4.50. The van der Waals surface area contributed by atoms with E-state index >= 15 is 0 Å². The van der Waals surface area contributed by atoms with Crippen molar-refractivity contribution in [2.45, 2.75) is 34.6 Å². The molecule has 0 N–H and O–H groups in total. The number of rotatable bonds is 4. The second-order valence-corrected chi connectivity index (χ2v) is 4.15. The molecule has 0 atom stereocenters. The molecule has 0 heterocycles. The Morgan fingerprint density at radius 3 is 2.23 bits per heavy atom. The summed E-state index contributed by atoms with van der Waals surface area (Å²) in [6.45, 7) is 14.3. The molecular weight excluding hydrogens is 158 g/mol. The number of hydrogen-bond acceptors (Lipinski definition) is 1. The molecule has 1 nitrogen and oxygen atoms in total. The molecule has 0 radical (unpaired) electrons. The van der Waals surface area contributed by atoms with Gasteiger partial charge in [-0.15, -0.1) is 6.58 Å². The van der Waals surface area contributed by atoms with Gasteiger partial charge in [-0.1, -0.05) is 39.8 Å². The first kappa shape index (κ1) is 12.2. The smallest absolute Gasteiger partial charge is 0.0382 e. The molecule has 0 saturated carbocycles. The normalized spacial score (nSPS) is 14.2. The van der Waals surface area contributed by atoms with Crippen LogP contribution in [-0.2, 0) is 0 Å². The molecular formula is C12H21N. The lowest BCUT2D eigenvalue weighted by Crippen LogP contribution is -2.08. The number of aliphatic imine (C=N–C) groups is 1. The Bertz CT molecular complexity index is 219. The van der Waals surface area contributed by atoms with Crippen LogP contribution in [0.25, 0.3) is 0 Å². The molecule has 0 spiro atoms. The highest BCUT2D eigenvalue weighted by Crippen LogP contribution is 2.16. The lowest BCUT2D eigenvalue weighted by Gasteiger charge is -2.13. The van der Waals surface area contributed by atoms with Crippen LogP contribution in [0, 0.1) is 11.3 Å². The summed E-state index contributed by atoms with van der Waals surface area (Å²) in [6, 6.07) is 0.